The topological polar surface area (TPSA) is 45.8 Å². The van der Waals surface area contributed by atoms with Crippen LogP contribution in [0, 0.1) is 13.8 Å². The summed E-state index contributed by atoms with van der Waals surface area (Å²) in [5.74, 6) is 0.805. The second kappa shape index (κ2) is 5.29. The lowest BCUT2D eigenvalue weighted by Crippen LogP contribution is -2.18. The maximum atomic E-state index is 12.1. The number of H-pyrrole nitrogens is 1. The van der Waals surface area contributed by atoms with Crippen molar-refractivity contribution in [2.45, 2.75) is 33.6 Å². The second-order valence-electron chi connectivity index (χ2n) is 5.03. The van der Waals surface area contributed by atoms with E-state index in [1.807, 2.05) is 45.9 Å². The van der Waals surface area contributed by atoms with Crippen molar-refractivity contribution in [1.82, 2.24) is 9.97 Å². The van der Waals surface area contributed by atoms with Crippen molar-refractivity contribution in [2.24, 2.45) is 0 Å². The molecule has 1 heterocycles. The van der Waals surface area contributed by atoms with E-state index in [1.54, 1.807) is 0 Å². The van der Waals surface area contributed by atoms with E-state index in [1.165, 1.54) is 0 Å². The Balaban J connectivity index is 2.58. The Morgan fingerprint density at radius 3 is 2.47 bits per heavy atom. The van der Waals surface area contributed by atoms with Crippen LogP contribution in [0.4, 0.5) is 0 Å². The van der Waals surface area contributed by atoms with E-state index < -0.39 is 0 Å². The molecule has 0 aliphatic rings. The lowest BCUT2D eigenvalue weighted by Gasteiger charge is -2.10. The first-order chi connectivity index (χ1) is 8.90. The Bertz CT molecular complexity index is 674. The number of aromatic nitrogens is 2. The van der Waals surface area contributed by atoms with E-state index in [2.05, 4.69) is 25.9 Å². The molecular formula is C15H17BrN2O. The second-order valence-corrected chi connectivity index (χ2v) is 5.89. The van der Waals surface area contributed by atoms with Crippen molar-refractivity contribution in [2.75, 3.05) is 0 Å². The van der Waals surface area contributed by atoms with E-state index >= 15 is 0 Å². The number of halogens is 1. The molecule has 0 amide bonds. The summed E-state index contributed by atoms with van der Waals surface area (Å²) in [7, 11) is 0. The Morgan fingerprint density at radius 2 is 1.95 bits per heavy atom. The Morgan fingerprint density at radius 1 is 1.26 bits per heavy atom. The fourth-order valence-electron chi connectivity index (χ4n) is 2.20. The zero-order valence-electron chi connectivity index (χ0n) is 11.5. The summed E-state index contributed by atoms with van der Waals surface area (Å²) in [5.41, 5.74) is 3.56. The first kappa shape index (κ1) is 14.0. The summed E-state index contributed by atoms with van der Waals surface area (Å²) in [4.78, 5) is 19.5. The van der Waals surface area contributed by atoms with Gasteiger partial charge in [0.05, 0.1) is 0 Å². The van der Waals surface area contributed by atoms with Gasteiger partial charge in [-0.05, 0) is 37.5 Å². The van der Waals surface area contributed by atoms with Crippen molar-refractivity contribution in [3.8, 4) is 11.4 Å². The van der Waals surface area contributed by atoms with Crippen molar-refractivity contribution >= 4 is 15.9 Å². The third-order valence-electron chi connectivity index (χ3n) is 3.15. The van der Waals surface area contributed by atoms with E-state index in [0.717, 1.165) is 26.9 Å². The summed E-state index contributed by atoms with van der Waals surface area (Å²) in [6, 6.07) is 5.93. The van der Waals surface area contributed by atoms with Crippen molar-refractivity contribution in [3.05, 3.63) is 49.8 Å². The number of nitrogens with zero attached hydrogens (tertiary/aromatic N) is 1. The lowest BCUT2D eigenvalue weighted by atomic mass is 10.0. The van der Waals surface area contributed by atoms with Crippen LogP contribution in [0.25, 0.3) is 11.4 Å². The number of hydrogen-bond donors (Lipinski definition) is 1. The highest BCUT2D eigenvalue weighted by molar-refractivity contribution is 9.10. The minimum atomic E-state index is -0.0435. The third kappa shape index (κ3) is 2.78. The summed E-state index contributed by atoms with van der Waals surface area (Å²) in [5, 5.41) is 0. The molecule has 0 unspecified atom stereocenters. The van der Waals surface area contributed by atoms with Gasteiger partial charge in [0.15, 0.2) is 0 Å². The number of aryl methyl sites for hydroxylation is 2. The molecule has 0 aliphatic heterocycles. The van der Waals surface area contributed by atoms with Crippen LogP contribution in [0.5, 0.6) is 0 Å². The van der Waals surface area contributed by atoms with E-state index in [-0.39, 0.29) is 11.5 Å². The van der Waals surface area contributed by atoms with Gasteiger partial charge in [-0.2, -0.15) is 0 Å². The molecule has 0 aliphatic carbocycles. The van der Waals surface area contributed by atoms with Gasteiger partial charge in [-0.1, -0.05) is 35.8 Å². The zero-order chi connectivity index (χ0) is 14.2. The molecule has 0 spiro atoms. The Kier molecular flexibility index (Phi) is 3.90. The molecule has 1 aromatic heterocycles. The largest absolute Gasteiger partial charge is 0.306 e. The van der Waals surface area contributed by atoms with Gasteiger partial charge in [0.1, 0.15) is 5.82 Å². The highest BCUT2D eigenvalue weighted by Crippen LogP contribution is 2.23. The molecule has 100 valence electrons. The molecule has 3 nitrogen and oxygen atoms in total. The maximum Gasteiger partial charge on any atom is 0.254 e. The van der Waals surface area contributed by atoms with Crippen LogP contribution in [0.15, 0.2) is 27.5 Å². The molecule has 1 aromatic carbocycles. The van der Waals surface area contributed by atoms with Crippen LogP contribution in [-0.4, -0.2) is 9.97 Å². The number of rotatable bonds is 2. The molecule has 2 rings (SSSR count). The van der Waals surface area contributed by atoms with Gasteiger partial charge in [0.25, 0.3) is 5.56 Å². The first-order valence-electron chi connectivity index (χ1n) is 6.27. The van der Waals surface area contributed by atoms with Gasteiger partial charge < -0.3 is 4.98 Å². The fourth-order valence-corrected chi connectivity index (χ4v) is 2.45. The SMILES string of the molecule is Cc1cc(-c2nc(C)c(C(C)C)c(=O)[nH]2)ccc1Br. The van der Waals surface area contributed by atoms with Gasteiger partial charge in [0.2, 0.25) is 0 Å². The molecule has 0 radical (unpaired) electrons. The minimum Gasteiger partial charge on any atom is -0.306 e. The zero-order valence-corrected chi connectivity index (χ0v) is 13.1. The van der Waals surface area contributed by atoms with Crippen LogP contribution >= 0.6 is 15.9 Å². The molecule has 0 fully saturated rings. The number of hydrogen-bond acceptors (Lipinski definition) is 2. The maximum absolute atomic E-state index is 12.1. The van der Waals surface area contributed by atoms with E-state index in [0.29, 0.717) is 5.82 Å². The number of benzene rings is 1. The van der Waals surface area contributed by atoms with Crippen molar-refractivity contribution in [3.63, 3.8) is 0 Å². The predicted molar refractivity (Wildman–Crippen MR) is 81.6 cm³/mol. The summed E-state index contributed by atoms with van der Waals surface area (Å²) >= 11 is 3.47. The van der Waals surface area contributed by atoms with Gasteiger partial charge >= 0.3 is 0 Å². The monoisotopic (exact) mass is 320 g/mol. The molecule has 0 atom stereocenters. The summed E-state index contributed by atoms with van der Waals surface area (Å²) in [6.45, 7) is 7.91. The standard InChI is InChI=1S/C15H17BrN2O/c1-8(2)13-10(4)17-14(18-15(13)19)11-5-6-12(16)9(3)7-11/h5-8H,1-4H3,(H,17,18,19). The van der Waals surface area contributed by atoms with Crippen molar-refractivity contribution < 1.29 is 0 Å². The normalized spacial score (nSPS) is 11.1. The molecule has 4 heteroatoms. The molecule has 0 saturated heterocycles. The molecule has 19 heavy (non-hydrogen) atoms. The predicted octanol–water partition coefficient (Wildman–Crippen LogP) is 3.94. The van der Waals surface area contributed by atoms with Crippen LogP contribution in [0.1, 0.15) is 36.6 Å². The average Bonchev–Trinajstić information content (AvgIpc) is 2.31. The van der Waals surface area contributed by atoms with Gasteiger partial charge in [-0.3, -0.25) is 4.79 Å². The summed E-state index contributed by atoms with van der Waals surface area (Å²) < 4.78 is 1.05. The third-order valence-corrected chi connectivity index (χ3v) is 4.04. The quantitative estimate of drug-likeness (QED) is 0.910. The number of nitrogens with one attached hydrogen (secondary N) is 1. The summed E-state index contributed by atoms with van der Waals surface area (Å²) in [6.07, 6.45) is 0. The van der Waals surface area contributed by atoms with Gasteiger partial charge in [-0.15, -0.1) is 0 Å². The number of aromatic amines is 1. The average molecular weight is 321 g/mol. The molecule has 1 N–H and O–H groups in total. The fraction of sp³-hybridized carbons (Fsp3) is 0.333. The molecule has 2 aromatic rings. The van der Waals surface area contributed by atoms with Crippen LogP contribution in [0.3, 0.4) is 0 Å². The van der Waals surface area contributed by atoms with Crippen LogP contribution in [-0.2, 0) is 0 Å². The van der Waals surface area contributed by atoms with Crippen LogP contribution < -0.4 is 5.56 Å². The van der Waals surface area contributed by atoms with E-state index in [9.17, 15) is 4.79 Å². The molecule has 0 saturated carbocycles. The highest BCUT2D eigenvalue weighted by atomic mass is 79.9. The Labute approximate surface area is 121 Å². The minimum absolute atomic E-state index is 0.0435. The smallest absolute Gasteiger partial charge is 0.254 e. The lowest BCUT2D eigenvalue weighted by molar-refractivity contribution is 0.815. The van der Waals surface area contributed by atoms with Crippen LogP contribution in [0.2, 0.25) is 0 Å². The molecular weight excluding hydrogens is 304 g/mol. The molecule has 0 bridgehead atoms. The van der Waals surface area contributed by atoms with Gasteiger partial charge in [0, 0.05) is 21.3 Å². The Hall–Kier alpha value is -1.42. The van der Waals surface area contributed by atoms with Crippen molar-refractivity contribution in [1.29, 1.82) is 0 Å². The van der Waals surface area contributed by atoms with E-state index in [4.69, 9.17) is 0 Å². The highest BCUT2D eigenvalue weighted by Gasteiger charge is 2.12. The first-order valence-corrected chi connectivity index (χ1v) is 7.06. The van der Waals surface area contributed by atoms with Gasteiger partial charge in [-0.25, -0.2) is 4.98 Å².